The number of amides is 1. The molecule has 1 amide bonds. The van der Waals surface area contributed by atoms with E-state index in [0.29, 0.717) is 12.0 Å². The molecule has 2 N–H and O–H groups in total. The molecule has 2 heterocycles. The van der Waals surface area contributed by atoms with Crippen molar-refractivity contribution < 1.29 is 4.79 Å². The van der Waals surface area contributed by atoms with Crippen LogP contribution in [0, 0.1) is 5.92 Å². The van der Waals surface area contributed by atoms with Crippen molar-refractivity contribution in [1.82, 2.24) is 20.4 Å². The van der Waals surface area contributed by atoms with Crippen LogP contribution in [0.3, 0.4) is 0 Å². The van der Waals surface area contributed by atoms with Crippen LogP contribution in [-0.2, 0) is 4.79 Å². The van der Waals surface area contributed by atoms with Gasteiger partial charge in [-0.15, -0.1) is 0 Å². The van der Waals surface area contributed by atoms with Crippen LogP contribution < -0.4 is 10.6 Å². The van der Waals surface area contributed by atoms with Crippen LogP contribution in [0.15, 0.2) is 0 Å². The first kappa shape index (κ1) is 16.7. The lowest BCUT2D eigenvalue weighted by molar-refractivity contribution is -0.124. The summed E-state index contributed by atoms with van der Waals surface area (Å²) < 4.78 is 0. The summed E-state index contributed by atoms with van der Waals surface area (Å²) >= 11 is 0. The quantitative estimate of drug-likeness (QED) is 0.776. The van der Waals surface area contributed by atoms with Crippen molar-refractivity contribution >= 4 is 5.91 Å². The topological polar surface area (TPSA) is 47.6 Å². The van der Waals surface area contributed by atoms with Gasteiger partial charge in [-0.2, -0.15) is 0 Å². The van der Waals surface area contributed by atoms with Crippen LogP contribution in [0.4, 0.5) is 0 Å². The Labute approximate surface area is 129 Å². The van der Waals surface area contributed by atoms with Gasteiger partial charge < -0.3 is 15.5 Å². The van der Waals surface area contributed by atoms with Crippen LogP contribution in [0.25, 0.3) is 0 Å². The number of piperazine rings is 1. The number of carbonyl (C=O) groups is 1. The van der Waals surface area contributed by atoms with Crippen molar-refractivity contribution in [3.63, 3.8) is 0 Å². The first-order valence-corrected chi connectivity index (χ1v) is 8.51. The van der Waals surface area contributed by atoms with E-state index in [1.165, 1.54) is 6.42 Å². The van der Waals surface area contributed by atoms with Gasteiger partial charge in [0.05, 0.1) is 6.04 Å². The molecule has 2 aliphatic rings. The first-order valence-electron chi connectivity index (χ1n) is 8.51. The third-order valence-corrected chi connectivity index (χ3v) is 4.89. The predicted octanol–water partition coefficient (Wildman–Crippen LogP) is 0.517. The minimum Gasteiger partial charge on any atom is -0.353 e. The molecule has 2 aliphatic heterocycles. The van der Waals surface area contributed by atoms with E-state index < -0.39 is 0 Å². The summed E-state index contributed by atoms with van der Waals surface area (Å²) in [6.45, 7) is 10.7. The van der Waals surface area contributed by atoms with Gasteiger partial charge in [-0.3, -0.25) is 9.69 Å². The van der Waals surface area contributed by atoms with Gasteiger partial charge >= 0.3 is 0 Å². The Bertz CT molecular complexity index is 320. The molecule has 2 fully saturated rings. The zero-order chi connectivity index (χ0) is 15.2. The monoisotopic (exact) mass is 296 g/mol. The van der Waals surface area contributed by atoms with Crippen LogP contribution in [0.5, 0.6) is 0 Å². The molecule has 0 spiro atoms. The Balaban J connectivity index is 1.80. The Morgan fingerprint density at radius 1 is 1.24 bits per heavy atom. The Morgan fingerprint density at radius 3 is 2.52 bits per heavy atom. The standard InChI is InChI=1S/C16H32N4O/c1-13(2)15(20-10-8-19(3)9-11-20)12-18-16(21)14-6-4-5-7-17-14/h13-15,17H,4-12H2,1-3H3,(H,18,21)/t14-,15?/m1/s1. The van der Waals surface area contributed by atoms with Crippen LogP contribution >= 0.6 is 0 Å². The van der Waals surface area contributed by atoms with Crippen LogP contribution in [0.2, 0.25) is 0 Å². The van der Waals surface area contributed by atoms with Gasteiger partial charge in [0.15, 0.2) is 0 Å². The van der Waals surface area contributed by atoms with Crippen molar-refractivity contribution in [2.75, 3.05) is 46.3 Å². The van der Waals surface area contributed by atoms with Gasteiger partial charge in [-0.25, -0.2) is 0 Å². The average Bonchev–Trinajstić information content (AvgIpc) is 2.49. The Hall–Kier alpha value is -0.650. The number of nitrogens with zero attached hydrogens (tertiary/aromatic N) is 2. The number of piperidine rings is 1. The summed E-state index contributed by atoms with van der Waals surface area (Å²) in [7, 11) is 2.18. The third kappa shape index (κ3) is 4.94. The summed E-state index contributed by atoms with van der Waals surface area (Å²) in [4.78, 5) is 17.2. The highest BCUT2D eigenvalue weighted by Gasteiger charge is 2.27. The van der Waals surface area contributed by atoms with Crippen molar-refractivity contribution in [2.24, 2.45) is 5.92 Å². The molecule has 2 saturated heterocycles. The normalized spacial score (nSPS) is 26.8. The average molecular weight is 296 g/mol. The number of hydrogen-bond donors (Lipinski definition) is 2. The van der Waals surface area contributed by atoms with Crippen LogP contribution in [0.1, 0.15) is 33.1 Å². The molecule has 122 valence electrons. The number of likely N-dealkylation sites (N-methyl/N-ethyl adjacent to an activating group) is 1. The minimum atomic E-state index is 0.0269. The van der Waals surface area contributed by atoms with E-state index in [-0.39, 0.29) is 11.9 Å². The molecule has 5 heteroatoms. The molecule has 1 unspecified atom stereocenters. The summed E-state index contributed by atoms with van der Waals surface area (Å²) in [5, 5.41) is 6.51. The maximum atomic E-state index is 12.3. The van der Waals surface area contributed by atoms with Crippen LogP contribution in [-0.4, -0.2) is 74.1 Å². The third-order valence-electron chi connectivity index (χ3n) is 4.89. The minimum absolute atomic E-state index is 0.0269. The Morgan fingerprint density at radius 2 is 1.95 bits per heavy atom. The molecule has 5 nitrogen and oxygen atoms in total. The maximum Gasteiger partial charge on any atom is 0.237 e. The zero-order valence-corrected chi connectivity index (χ0v) is 13.9. The highest BCUT2D eigenvalue weighted by molar-refractivity contribution is 5.81. The molecule has 0 aromatic heterocycles. The van der Waals surface area contributed by atoms with E-state index in [9.17, 15) is 4.79 Å². The van der Waals surface area contributed by atoms with Crippen molar-refractivity contribution in [1.29, 1.82) is 0 Å². The Kier molecular flexibility index (Phi) is 6.45. The SMILES string of the molecule is CC(C)C(CNC(=O)[C@H]1CCCCN1)N1CCN(C)CC1. The van der Waals surface area contributed by atoms with Crippen molar-refractivity contribution in [3.8, 4) is 0 Å². The molecule has 0 bridgehead atoms. The molecule has 2 rings (SSSR count). The molecule has 0 saturated carbocycles. The molecule has 21 heavy (non-hydrogen) atoms. The zero-order valence-electron chi connectivity index (χ0n) is 13.9. The number of rotatable bonds is 5. The second-order valence-electron chi connectivity index (χ2n) is 6.90. The smallest absolute Gasteiger partial charge is 0.237 e. The summed E-state index contributed by atoms with van der Waals surface area (Å²) in [6.07, 6.45) is 3.34. The molecule has 0 aromatic rings. The summed E-state index contributed by atoms with van der Waals surface area (Å²) in [5.41, 5.74) is 0. The number of nitrogens with one attached hydrogen (secondary N) is 2. The van der Waals surface area contributed by atoms with Gasteiger partial charge in [0.1, 0.15) is 0 Å². The van der Waals surface area contributed by atoms with E-state index in [4.69, 9.17) is 0 Å². The summed E-state index contributed by atoms with van der Waals surface area (Å²) in [5.74, 6) is 0.752. The lowest BCUT2D eigenvalue weighted by Crippen LogP contribution is -2.56. The fraction of sp³-hybridized carbons (Fsp3) is 0.938. The van der Waals surface area contributed by atoms with Gasteiger partial charge in [-0.05, 0) is 32.4 Å². The number of carbonyl (C=O) groups excluding carboxylic acids is 1. The van der Waals surface area contributed by atoms with E-state index >= 15 is 0 Å². The fourth-order valence-electron chi connectivity index (χ4n) is 3.34. The van der Waals surface area contributed by atoms with Gasteiger partial charge in [-0.1, -0.05) is 20.3 Å². The predicted molar refractivity (Wildman–Crippen MR) is 86.3 cm³/mol. The van der Waals surface area contributed by atoms with Gasteiger partial charge in [0.25, 0.3) is 0 Å². The molecule has 0 radical (unpaired) electrons. The lowest BCUT2D eigenvalue weighted by atomic mass is 10.0. The number of hydrogen-bond acceptors (Lipinski definition) is 4. The lowest BCUT2D eigenvalue weighted by Gasteiger charge is -2.40. The second-order valence-corrected chi connectivity index (χ2v) is 6.90. The van der Waals surface area contributed by atoms with E-state index in [2.05, 4.69) is 41.3 Å². The highest BCUT2D eigenvalue weighted by atomic mass is 16.2. The van der Waals surface area contributed by atoms with Crippen molar-refractivity contribution in [3.05, 3.63) is 0 Å². The highest BCUT2D eigenvalue weighted by Crippen LogP contribution is 2.13. The molecular formula is C16H32N4O. The van der Waals surface area contributed by atoms with Gasteiger partial charge in [0, 0.05) is 38.8 Å². The van der Waals surface area contributed by atoms with Gasteiger partial charge in [0.2, 0.25) is 5.91 Å². The van der Waals surface area contributed by atoms with E-state index in [1.807, 2.05) is 0 Å². The second kappa shape index (κ2) is 8.11. The molecule has 2 atom stereocenters. The van der Waals surface area contributed by atoms with E-state index in [0.717, 1.165) is 52.1 Å². The maximum absolute atomic E-state index is 12.3. The fourth-order valence-corrected chi connectivity index (χ4v) is 3.34. The van der Waals surface area contributed by atoms with E-state index in [1.54, 1.807) is 0 Å². The first-order chi connectivity index (χ1) is 10.1. The van der Waals surface area contributed by atoms with Crippen molar-refractivity contribution in [2.45, 2.75) is 45.2 Å². The molecule has 0 aromatic carbocycles. The summed E-state index contributed by atoms with van der Waals surface area (Å²) in [6, 6.07) is 0.477. The molecular weight excluding hydrogens is 264 g/mol. The molecule has 0 aliphatic carbocycles. The largest absolute Gasteiger partial charge is 0.353 e.